The number of aromatic nitrogens is 4. The second-order valence-corrected chi connectivity index (χ2v) is 7.33. The Bertz CT molecular complexity index is 764. The standard InChI is InChI=1S/C19H27N7/c1-14-13-26(12-11-24(14)3)18-16-5-9-25(19-20-7-4-8-21-19)10-6-17(16)22-15(2)23-18/h4,7-8,14H,5-6,9-13H2,1-3H3/t14-/m0/s1. The molecule has 0 unspecified atom stereocenters. The molecule has 0 spiro atoms. The molecule has 0 N–H and O–H groups in total. The summed E-state index contributed by atoms with van der Waals surface area (Å²) in [6.07, 6.45) is 5.46. The Kier molecular flexibility index (Phi) is 4.72. The van der Waals surface area contributed by atoms with Gasteiger partial charge in [0.25, 0.3) is 0 Å². The largest absolute Gasteiger partial charge is 0.353 e. The highest BCUT2D eigenvalue weighted by molar-refractivity contribution is 5.52. The molecule has 0 aromatic carbocycles. The van der Waals surface area contributed by atoms with Crippen molar-refractivity contribution >= 4 is 11.8 Å². The van der Waals surface area contributed by atoms with Crippen molar-refractivity contribution in [3.8, 4) is 0 Å². The average Bonchev–Trinajstić information content (AvgIpc) is 2.87. The van der Waals surface area contributed by atoms with E-state index in [-0.39, 0.29) is 0 Å². The van der Waals surface area contributed by atoms with Crippen LogP contribution in [0, 0.1) is 6.92 Å². The van der Waals surface area contributed by atoms with E-state index in [2.05, 4.69) is 38.6 Å². The first-order valence-corrected chi connectivity index (χ1v) is 9.45. The third-order valence-corrected chi connectivity index (χ3v) is 5.53. The molecule has 2 aliphatic heterocycles. The lowest BCUT2D eigenvalue weighted by Gasteiger charge is -2.39. The second kappa shape index (κ2) is 7.15. The van der Waals surface area contributed by atoms with Crippen molar-refractivity contribution in [3.63, 3.8) is 0 Å². The first-order valence-electron chi connectivity index (χ1n) is 9.45. The summed E-state index contributed by atoms with van der Waals surface area (Å²) in [5.74, 6) is 2.82. The van der Waals surface area contributed by atoms with Gasteiger partial charge in [-0.2, -0.15) is 0 Å². The first-order chi connectivity index (χ1) is 12.6. The average molecular weight is 353 g/mol. The molecule has 0 radical (unpaired) electrons. The Morgan fingerprint density at radius 1 is 0.962 bits per heavy atom. The van der Waals surface area contributed by atoms with Crippen molar-refractivity contribution < 1.29 is 0 Å². The van der Waals surface area contributed by atoms with E-state index in [4.69, 9.17) is 9.97 Å². The molecule has 1 fully saturated rings. The van der Waals surface area contributed by atoms with Crippen LogP contribution in [0.5, 0.6) is 0 Å². The maximum absolute atomic E-state index is 4.86. The summed E-state index contributed by atoms with van der Waals surface area (Å²) in [6.45, 7) is 9.20. The number of aryl methyl sites for hydroxylation is 1. The van der Waals surface area contributed by atoms with Crippen LogP contribution in [0.15, 0.2) is 18.5 Å². The molecule has 1 saturated heterocycles. The van der Waals surface area contributed by atoms with Crippen molar-refractivity contribution in [2.24, 2.45) is 0 Å². The highest BCUT2D eigenvalue weighted by atomic mass is 15.3. The molecule has 2 aromatic rings. The summed E-state index contributed by atoms with van der Waals surface area (Å²) >= 11 is 0. The number of nitrogens with zero attached hydrogens (tertiary/aromatic N) is 7. The molecular formula is C19H27N7. The van der Waals surface area contributed by atoms with E-state index in [9.17, 15) is 0 Å². The summed E-state index contributed by atoms with van der Waals surface area (Å²) in [6, 6.07) is 2.40. The minimum Gasteiger partial charge on any atom is -0.353 e. The minimum atomic E-state index is 0.537. The van der Waals surface area contributed by atoms with Crippen molar-refractivity contribution in [3.05, 3.63) is 35.5 Å². The van der Waals surface area contributed by atoms with Gasteiger partial charge in [0.15, 0.2) is 0 Å². The lowest BCUT2D eigenvalue weighted by Crippen LogP contribution is -2.50. The van der Waals surface area contributed by atoms with E-state index in [1.54, 1.807) is 12.4 Å². The first kappa shape index (κ1) is 17.1. The van der Waals surface area contributed by atoms with Gasteiger partial charge in [-0.25, -0.2) is 19.9 Å². The second-order valence-electron chi connectivity index (χ2n) is 7.33. The molecule has 2 aliphatic rings. The predicted molar refractivity (Wildman–Crippen MR) is 103 cm³/mol. The third kappa shape index (κ3) is 3.35. The Labute approximate surface area is 155 Å². The van der Waals surface area contributed by atoms with Crippen molar-refractivity contribution in [1.82, 2.24) is 24.8 Å². The van der Waals surface area contributed by atoms with Gasteiger partial charge in [-0.05, 0) is 33.4 Å². The van der Waals surface area contributed by atoms with Crippen LogP contribution in [-0.2, 0) is 12.8 Å². The summed E-state index contributed by atoms with van der Waals surface area (Å²) in [5.41, 5.74) is 2.50. The molecule has 0 bridgehead atoms. The third-order valence-electron chi connectivity index (χ3n) is 5.53. The minimum absolute atomic E-state index is 0.537. The Morgan fingerprint density at radius 2 is 1.73 bits per heavy atom. The zero-order valence-electron chi connectivity index (χ0n) is 15.9. The number of hydrogen-bond acceptors (Lipinski definition) is 7. The van der Waals surface area contributed by atoms with Crippen LogP contribution < -0.4 is 9.80 Å². The highest BCUT2D eigenvalue weighted by Crippen LogP contribution is 2.27. The number of hydrogen-bond donors (Lipinski definition) is 0. The zero-order valence-corrected chi connectivity index (χ0v) is 15.9. The fourth-order valence-corrected chi connectivity index (χ4v) is 3.86. The number of rotatable bonds is 2. The molecule has 2 aromatic heterocycles. The van der Waals surface area contributed by atoms with Crippen LogP contribution in [0.4, 0.5) is 11.8 Å². The number of fused-ring (bicyclic) bond motifs is 1. The van der Waals surface area contributed by atoms with E-state index >= 15 is 0 Å². The molecule has 7 nitrogen and oxygen atoms in total. The molecule has 7 heteroatoms. The van der Waals surface area contributed by atoms with E-state index in [1.807, 2.05) is 13.0 Å². The van der Waals surface area contributed by atoms with Gasteiger partial charge in [0.05, 0.1) is 5.69 Å². The molecule has 0 amide bonds. The Balaban J connectivity index is 1.61. The van der Waals surface area contributed by atoms with Gasteiger partial charge in [0.1, 0.15) is 11.6 Å². The number of piperazine rings is 1. The van der Waals surface area contributed by atoms with Crippen LogP contribution in [0.2, 0.25) is 0 Å². The fourth-order valence-electron chi connectivity index (χ4n) is 3.86. The summed E-state index contributed by atoms with van der Waals surface area (Å²) in [7, 11) is 2.20. The Morgan fingerprint density at radius 3 is 2.50 bits per heavy atom. The molecule has 4 heterocycles. The van der Waals surface area contributed by atoms with Gasteiger partial charge in [-0.15, -0.1) is 0 Å². The monoisotopic (exact) mass is 353 g/mol. The smallest absolute Gasteiger partial charge is 0.225 e. The summed E-state index contributed by atoms with van der Waals surface area (Å²) < 4.78 is 0. The van der Waals surface area contributed by atoms with Crippen molar-refractivity contribution in [2.45, 2.75) is 32.7 Å². The fraction of sp³-hybridized carbons (Fsp3) is 0.579. The highest BCUT2D eigenvalue weighted by Gasteiger charge is 2.27. The molecule has 0 aliphatic carbocycles. The van der Waals surface area contributed by atoms with Gasteiger partial charge in [-0.3, -0.25) is 0 Å². The van der Waals surface area contributed by atoms with Gasteiger partial charge < -0.3 is 14.7 Å². The number of likely N-dealkylation sites (N-methyl/N-ethyl adjacent to an activating group) is 1. The summed E-state index contributed by atoms with van der Waals surface area (Å²) in [5, 5.41) is 0. The van der Waals surface area contributed by atoms with Gasteiger partial charge >= 0.3 is 0 Å². The summed E-state index contributed by atoms with van der Waals surface area (Å²) in [4.78, 5) is 25.6. The van der Waals surface area contributed by atoms with Gasteiger partial charge in [-0.1, -0.05) is 0 Å². The lowest BCUT2D eigenvalue weighted by molar-refractivity contribution is 0.233. The van der Waals surface area contributed by atoms with Crippen LogP contribution in [0.25, 0.3) is 0 Å². The maximum Gasteiger partial charge on any atom is 0.225 e. The van der Waals surface area contributed by atoms with E-state index in [0.29, 0.717) is 6.04 Å². The molecule has 0 saturated carbocycles. The van der Waals surface area contributed by atoms with E-state index in [1.165, 1.54) is 11.3 Å². The van der Waals surface area contributed by atoms with E-state index in [0.717, 1.165) is 63.2 Å². The van der Waals surface area contributed by atoms with E-state index < -0.39 is 0 Å². The SMILES string of the molecule is Cc1nc2c(c(N3CCN(C)[C@@H](C)C3)n1)CCN(c1ncccn1)CC2. The quantitative estimate of drug-likeness (QED) is 0.807. The molecule has 26 heavy (non-hydrogen) atoms. The van der Waals surface area contributed by atoms with Crippen molar-refractivity contribution in [1.29, 1.82) is 0 Å². The van der Waals surface area contributed by atoms with Crippen molar-refractivity contribution in [2.75, 3.05) is 49.6 Å². The molecule has 1 atom stereocenters. The van der Waals surface area contributed by atoms with Crippen LogP contribution in [-0.4, -0.2) is 70.6 Å². The topological polar surface area (TPSA) is 61.3 Å². The predicted octanol–water partition coefficient (Wildman–Crippen LogP) is 1.32. The molecule has 4 rings (SSSR count). The lowest BCUT2D eigenvalue weighted by atomic mass is 10.1. The molecule has 138 valence electrons. The maximum atomic E-state index is 4.86. The zero-order chi connectivity index (χ0) is 18.1. The molecular weight excluding hydrogens is 326 g/mol. The Hall–Kier alpha value is -2.28. The van der Waals surface area contributed by atoms with Crippen LogP contribution in [0.3, 0.4) is 0 Å². The normalized spacial score (nSPS) is 21.4. The van der Waals surface area contributed by atoms with Crippen LogP contribution in [0.1, 0.15) is 24.0 Å². The van der Waals surface area contributed by atoms with Gasteiger partial charge in [0.2, 0.25) is 5.95 Å². The number of anilines is 2. The van der Waals surface area contributed by atoms with Gasteiger partial charge in [0, 0.05) is 63.1 Å². The van der Waals surface area contributed by atoms with Crippen LogP contribution >= 0.6 is 0 Å².